The van der Waals surface area contributed by atoms with Gasteiger partial charge in [-0.2, -0.15) is 0 Å². The topological polar surface area (TPSA) is 135 Å². The molecule has 0 aromatic carbocycles. The minimum Gasteiger partial charge on any atom is -0.460 e. The summed E-state index contributed by atoms with van der Waals surface area (Å²) in [4.78, 5) is 37.9. The summed E-state index contributed by atoms with van der Waals surface area (Å²) in [5.41, 5.74) is -1.17. The number of esters is 1. The maximum Gasteiger partial charge on any atom is 0.474 e. The number of rotatable bonds is 29. The van der Waals surface area contributed by atoms with E-state index in [9.17, 15) is 18.9 Å². The molecule has 12 heteroatoms. The highest BCUT2D eigenvalue weighted by molar-refractivity contribution is 7.48. The summed E-state index contributed by atoms with van der Waals surface area (Å²) >= 11 is 0. The lowest BCUT2D eigenvalue weighted by Crippen LogP contribution is -2.32. The van der Waals surface area contributed by atoms with Gasteiger partial charge in [0, 0.05) is 25.6 Å². The summed E-state index contributed by atoms with van der Waals surface area (Å²) in [6, 6.07) is 1.21. The van der Waals surface area contributed by atoms with Crippen LogP contribution in [0.25, 0.3) is 0 Å². The van der Waals surface area contributed by atoms with Gasteiger partial charge in [0.15, 0.2) is 0 Å². The van der Waals surface area contributed by atoms with E-state index in [1.165, 1.54) is 114 Å². The Bertz CT molecular complexity index is 1090. The highest BCUT2D eigenvalue weighted by Gasteiger charge is 2.41. The molecule has 1 aromatic heterocycles. The molecule has 0 bridgehead atoms. The van der Waals surface area contributed by atoms with Crippen molar-refractivity contribution >= 4 is 13.8 Å². The fourth-order valence-corrected chi connectivity index (χ4v) is 7.08. The molecule has 0 amide bonds. The number of phosphoric acid groups is 1. The lowest BCUT2D eigenvalue weighted by atomic mass is 10.1. The molecule has 1 fully saturated rings. The molecule has 3 atom stereocenters. The Labute approximate surface area is 282 Å². The van der Waals surface area contributed by atoms with Crippen molar-refractivity contribution in [2.75, 3.05) is 19.8 Å². The third-order valence-electron chi connectivity index (χ3n) is 8.55. The molecule has 0 unspecified atom stereocenters. The first-order chi connectivity index (χ1) is 22.8. The number of unbranched alkanes of at least 4 members (excludes halogenated alkanes) is 18. The van der Waals surface area contributed by atoms with Gasteiger partial charge >= 0.3 is 19.5 Å². The third-order valence-corrected chi connectivity index (χ3v) is 10.0. The van der Waals surface area contributed by atoms with Crippen LogP contribution in [0, 0.1) is 0 Å². The SMILES string of the molecule is CCCCCCCCCCCCOP(=O)(OCCCCCCCCCCCC)OC[C@H]1O[C@@H](n2ccc(=O)[nH]c2=O)C[C@@H]1OC(C)=O. The predicted octanol–water partition coefficient (Wildman–Crippen LogP) is 8.76. The molecule has 2 heterocycles. The fraction of sp³-hybridized carbons (Fsp3) is 0.857. The fourth-order valence-electron chi connectivity index (χ4n) is 5.82. The van der Waals surface area contributed by atoms with Crippen LogP contribution in [0.5, 0.6) is 0 Å². The minimum absolute atomic E-state index is 0.156. The largest absolute Gasteiger partial charge is 0.474 e. The molecule has 1 saturated heterocycles. The van der Waals surface area contributed by atoms with Gasteiger partial charge in [-0.15, -0.1) is 0 Å². The second-order valence-corrected chi connectivity index (χ2v) is 14.5. The van der Waals surface area contributed by atoms with Crippen molar-refractivity contribution in [3.63, 3.8) is 0 Å². The number of hydrogen-bond acceptors (Lipinski definition) is 9. The number of carbonyl (C=O) groups is 1. The number of ether oxygens (including phenoxy) is 2. The van der Waals surface area contributed by atoms with Crippen molar-refractivity contribution in [1.29, 1.82) is 0 Å². The Hall–Kier alpha value is -1.78. The summed E-state index contributed by atoms with van der Waals surface area (Å²) in [5.74, 6) is -0.518. The molecular formula is C35H63N2O9P. The van der Waals surface area contributed by atoms with Crippen molar-refractivity contribution in [2.45, 2.75) is 174 Å². The Balaban J connectivity index is 1.86. The van der Waals surface area contributed by atoms with Gasteiger partial charge in [0.1, 0.15) is 18.4 Å². The van der Waals surface area contributed by atoms with Crippen LogP contribution in [0.3, 0.4) is 0 Å². The summed E-state index contributed by atoms with van der Waals surface area (Å²) in [7, 11) is -3.93. The van der Waals surface area contributed by atoms with Gasteiger partial charge in [0.25, 0.3) is 5.56 Å². The van der Waals surface area contributed by atoms with E-state index in [1.54, 1.807) is 0 Å². The summed E-state index contributed by atoms with van der Waals surface area (Å²) in [6.07, 6.45) is 22.6. The van der Waals surface area contributed by atoms with Crippen LogP contribution in [-0.2, 0) is 32.4 Å². The summed E-state index contributed by atoms with van der Waals surface area (Å²) in [6.45, 7) is 6.02. The van der Waals surface area contributed by atoms with E-state index < -0.39 is 43.5 Å². The Kier molecular flexibility index (Phi) is 22.2. The van der Waals surface area contributed by atoms with Crippen molar-refractivity contribution in [3.8, 4) is 0 Å². The molecule has 47 heavy (non-hydrogen) atoms. The van der Waals surface area contributed by atoms with E-state index in [1.807, 2.05) is 0 Å². The van der Waals surface area contributed by atoms with Gasteiger partial charge in [-0.3, -0.25) is 32.7 Å². The first kappa shape index (κ1) is 41.4. The average Bonchev–Trinajstić information content (AvgIpc) is 3.43. The number of hydrogen-bond donors (Lipinski definition) is 1. The molecule has 272 valence electrons. The monoisotopic (exact) mass is 686 g/mol. The lowest BCUT2D eigenvalue weighted by Gasteiger charge is -2.22. The van der Waals surface area contributed by atoms with E-state index in [-0.39, 0.29) is 26.2 Å². The summed E-state index contributed by atoms with van der Waals surface area (Å²) in [5, 5.41) is 0. The Morgan fingerprint density at radius 1 is 0.787 bits per heavy atom. The molecule has 0 spiro atoms. The quantitative estimate of drug-likeness (QED) is 0.0498. The molecular weight excluding hydrogens is 623 g/mol. The van der Waals surface area contributed by atoms with Crippen LogP contribution in [0.2, 0.25) is 0 Å². The highest BCUT2D eigenvalue weighted by Crippen LogP contribution is 2.50. The van der Waals surface area contributed by atoms with Crippen molar-refractivity contribution in [1.82, 2.24) is 9.55 Å². The normalized spacial score (nSPS) is 18.1. The smallest absolute Gasteiger partial charge is 0.460 e. The van der Waals surface area contributed by atoms with E-state index >= 15 is 0 Å². The maximum absolute atomic E-state index is 13.7. The van der Waals surface area contributed by atoms with Crippen LogP contribution in [0.15, 0.2) is 21.9 Å². The number of aromatic amines is 1. The van der Waals surface area contributed by atoms with Crippen LogP contribution >= 0.6 is 7.82 Å². The van der Waals surface area contributed by atoms with Crippen molar-refractivity contribution in [2.24, 2.45) is 0 Å². The average molecular weight is 687 g/mol. The zero-order valence-corrected chi connectivity index (χ0v) is 30.3. The molecule has 2 rings (SSSR count). The van der Waals surface area contributed by atoms with Gasteiger partial charge in [-0.05, 0) is 12.8 Å². The number of phosphoric ester groups is 1. The summed E-state index contributed by atoms with van der Waals surface area (Å²) < 4.78 is 43.7. The molecule has 11 nitrogen and oxygen atoms in total. The Morgan fingerprint density at radius 3 is 1.70 bits per heavy atom. The third kappa shape index (κ3) is 18.5. The molecule has 1 N–H and O–H groups in total. The lowest BCUT2D eigenvalue weighted by molar-refractivity contribution is -0.150. The number of H-pyrrole nitrogens is 1. The molecule has 1 aromatic rings. The number of carbonyl (C=O) groups excluding carboxylic acids is 1. The maximum atomic E-state index is 13.7. The highest BCUT2D eigenvalue weighted by atomic mass is 31.2. The standard InChI is InChI=1S/C35H63N2O9P/c1-4-6-8-10-12-14-16-18-20-22-26-42-47(41,43-27-23-21-19-17-15-13-11-9-7-5-2)44-29-32-31(45-30(3)38)28-34(46-32)37-25-24-33(39)36-35(37)40/h24-25,31-32,34H,4-23,26-29H2,1-3H3,(H,36,39,40)/t31-,32+,34+/m0/s1. The molecule has 1 aliphatic rings. The molecule has 0 aliphatic carbocycles. The van der Waals surface area contributed by atoms with Gasteiger partial charge in [-0.1, -0.05) is 129 Å². The second kappa shape index (κ2) is 25.2. The van der Waals surface area contributed by atoms with Gasteiger partial charge in [0.05, 0.1) is 19.8 Å². The minimum atomic E-state index is -3.93. The van der Waals surface area contributed by atoms with E-state index in [0.717, 1.165) is 38.5 Å². The van der Waals surface area contributed by atoms with E-state index in [4.69, 9.17) is 23.0 Å². The molecule has 0 radical (unpaired) electrons. The molecule has 0 saturated carbocycles. The predicted molar refractivity (Wildman–Crippen MR) is 185 cm³/mol. The zero-order chi connectivity index (χ0) is 34.2. The Morgan fingerprint density at radius 2 is 1.26 bits per heavy atom. The van der Waals surface area contributed by atoms with Crippen LogP contribution < -0.4 is 11.2 Å². The van der Waals surface area contributed by atoms with Crippen molar-refractivity contribution < 1.29 is 32.4 Å². The van der Waals surface area contributed by atoms with Gasteiger partial charge in [0.2, 0.25) is 0 Å². The zero-order valence-electron chi connectivity index (χ0n) is 29.4. The molecule has 1 aliphatic heterocycles. The number of nitrogens with zero attached hydrogens (tertiary/aromatic N) is 1. The van der Waals surface area contributed by atoms with E-state index in [0.29, 0.717) is 0 Å². The van der Waals surface area contributed by atoms with E-state index in [2.05, 4.69) is 18.8 Å². The van der Waals surface area contributed by atoms with Crippen LogP contribution in [0.1, 0.15) is 162 Å². The van der Waals surface area contributed by atoms with Crippen LogP contribution in [-0.4, -0.2) is 47.5 Å². The van der Waals surface area contributed by atoms with Crippen LogP contribution in [0.4, 0.5) is 0 Å². The number of aromatic nitrogens is 2. The van der Waals surface area contributed by atoms with Crippen molar-refractivity contribution in [3.05, 3.63) is 33.1 Å². The first-order valence-electron chi connectivity index (χ1n) is 18.5. The second-order valence-electron chi connectivity index (χ2n) is 12.8. The van der Waals surface area contributed by atoms with Gasteiger partial charge < -0.3 is 9.47 Å². The van der Waals surface area contributed by atoms with Gasteiger partial charge in [-0.25, -0.2) is 9.36 Å². The first-order valence-corrected chi connectivity index (χ1v) is 19.9. The number of nitrogens with one attached hydrogen (secondary N) is 1.